The molecule has 0 aromatic heterocycles. The van der Waals surface area contributed by atoms with Crippen LogP contribution in [0.3, 0.4) is 0 Å². The molecule has 1 saturated carbocycles. The highest BCUT2D eigenvalue weighted by Crippen LogP contribution is 2.25. The summed E-state index contributed by atoms with van der Waals surface area (Å²) in [5.74, 6) is 0.575. The van der Waals surface area contributed by atoms with Gasteiger partial charge in [-0.1, -0.05) is 19.8 Å². The molecule has 88 valence electrons. The molecule has 2 atom stereocenters. The molecule has 0 aliphatic heterocycles. The molecular weight excluding hydrogens is 194 g/mol. The fraction of sp³-hybridized carbons (Fsp3) is 0.909. The van der Waals surface area contributed by atoms with Gasteiger partial charge < -0.3 is 15.2 Å². The van der Waals surface area contributed by atoms with Gasteiger partial charge in [-0.2, -0.15) is 0 Å². The zero-order valence-corrected chi connectivity index (χ0v) is 9.37. The van der Waals surface area contributed by atoms with Crippen molar-refractivity contribution in [1.82, 2.24) is 5.32 Å². The Labute approximate surface area is 91.0 Å². The van der Waals surface area contributed by atoms with Crippen molar-refractivity contribution in [3.63, 3.8) is 0 Å². The lowest BCUT2D eigenvalue weighted by Gasteiger charge is -2.26. The highest BCUT2D eigenvalue weighted by Gasteiger charge is 2.19. The molecule has 2 N–H and O–H groups in total. The molecule has 1 amide bonds. The molecule has 2 unspecified atom stereocenters. The van der Waals surface area contributed by atoms with Crippen molar-refractivity contribution in [2.45, 2.75) is 38.7 Å². The SMILES string of the molecule is CC1CCCC(OCC(=O)NCCO)C1. The molecule has 0 aromatic rings. The lowest BCUT2D eigenvalue weighted by atomic mass is 9.89. The predicted molar refractivity (Wildman–Crippen MR) is 57.5 cm³/mol. The molecule has 4 nitrogen and oxygen atoms in total. The third-order valence-electron chi connectivity index (χ3n) is 2.77. The highest BCUT2D eigenvalue weighted by atomic mass is 16.5. The number of carbonyl (C=O) groups excluding carboxylic acids is 1. The van der Waals surface area contributed by atoms with E-state index in [4.69, 9.17) is 9.84 Å². The van der Waals surface area contributed by atoms with Crippen LogP contribution in [0.25, 0.3) is 0 Å². The molecule has 1 aliphatic carbocycles. The number of aliphatic hydroxyl groups excluding tert-OH is 1. The second-order valence-corrected chi connectivity index (χ2v) is 4.28. The van der Waals surface area contributed by atoms with Crippen LogP contribution in [0.15, 0.2) is 0 Å². The molecule has 0 spiro atoms. The van der Waals surface area contributed by atoms with E-state index in [9.17, 15) is 4.79 Å². The summed E-state index contributed by atoms with van der Waals surface area (Å²) in [4.78, 5) is 11.2. The van der Waals surface area contributed by atoms with Crippen LogP contribution in [0, 0.1) is 5.92 Å². The van der Waals surface area contributed by atoms with Crippen molar-refractivity contribution in [2.75, 3.05) is 19.8 Å². The van der Waals surface area contributed by atoms with Crippen LogP contribution < -0.4 is 5.32 Å². The zero-order valence-electron chi connectivity index (χ0n) is 9.37. The van der Waals surface area contributed by atoms with Crippen molar-refractivity contribution < 1.29 is 14.6 Å². The van der Waals surface area contributed by atoms with E-state index in [1.165, 1.54) is 12.8 Å². The van der Waals surface area contributed by atoms with E-state index in [1.807, 2.05) is 0 Å². The lowest BCUT2D eigenvalue weighted by Crippen LogP contribution is -2.32. The van der Waals surface area contributed by atoms with Crippen LogP contribution in [0.2, 0.25) is 0 Å². The first kappa shape index (κ1) is 12.5. The third-order valence-corrected chi connectivity index (χ3v) is 2.77. The second kappa shape index (κ2) is 6.80. The summed E-state index contributed by atoms with van der Waals surface area (Å²) in [6.45, 7) is 2.63. The fourth-order valence-corrected chi connectivity index (χ4v) is 1.97. The van der Waals surface area contributed by atoms with E-state index in [0.29, 0.717) is 12.5 Å². The molecule has 1 aliphatic rings. The average molecular weight is 215 g/mol. The summed E-state index contributed by atoms with van der Waals surface area (Å²) in [5, 5.41) is 11.1. The van der Waals surface area contributed by atoms with Gasteiger partial charge in [0.25, 0.3) is 0 Å². The largest absolute Gasteiger partial charge is 0.395 e. The molecule has 15 heavy (non-hydrogen) atoms. The summed E-state index contributed by atoms with van der Waals surface area (Å²) in [7, 11) is 0. The van der Waals surface area contributed by atoms with E-state index in [-0.39, 0.29) is 25.2 Å². The van der Waals surface area contributed by atoms with Crippen molar-refractivity contribution in [3.05, 3.63) is 0 Å². The molecule has 1 fully saturated rings. The van der Waals surface area contributed by atoms with E-state index in [0.717, 1.165) is 12.8 Å². The minimum absolute atomic E-state index is 0.0216. The molecule has 0 saturated heterocycles. The summed E-state index contributed by atoms with van der Waals surface area (Å²) in [6.07, 6.45) is 4.85. The van der Waals surface area contributed by atoms with Crippen LogP contribution in [-0.4, -0.2) is 36.9 Å². The van der Waals surface area contributed by atoms with E-state index >= 15 is 0 Å². The maximum atomic E-state index is 11.2. The van der Waals surface area contributed by atoms with Gasteiger partial charge in [0, 0.05) is 6.54 Å². The van der Waals surface area contributed by atoms with Gasteiger partial charge in [0.2, 0.25) is 5.91 Å². The first-order valence-corrected chi connectivity index (χ1v) is 5.71. The molecule has 1 rings (SSSR count). The number of amides is 1. The first-order chi connectivity index (χ1) is 7.22. The number of rotatable bonds is 5. The number of hydrogen-bond acceptors (Lipinski definition) is 3. The maximum Gasteiger partial charge on any atom is 0.246 e. The van der Waals surface area contributed by atoms with Gasteiger partial charge in [-0.15, -0.1) is 0 Å². The number of carbonyl (C=O) groups is 1. The lowest BCUT2D eigenvalue weighted by molar-refractivity contribution is -0.128. The van der Waals surface area contributed by atoms with E-state index in [1.54, 1.807) is 0 Å². The molecule has 0 bridgehead atoms. The number of nitrogens with one attached hydrogen (secondary N) is 1. The van der Waals surface area contributed by atoms with Crippen molar-refractivity contribution >= 4 is 5.91 Å². The number of ether oxygens (including phenoxy) is 1. The number of aliphatic hydroxyl groups is 1. The fourth-order valence-electron chi connectivity index (χ4n) is 1.97. The Hall–Kier alpha value is -0.610. The van der Waals surface area contributed by atoms with E-state index in [2.05, 4.69) is 12.2 Å². The van der Waals surface area contributed by atoms with Gasteiger partial charge >= 0.3 is 0 Å². The predicted octanol–water partition coefficient (Wildman–Crippen LogP) is 0.690. The van der Waals surface area contributed by atoms with Crippen molar-refractivity contribution in [2.24, 2.45) is 5.92 Å². The maximum absolute atomic E-state index is 11.2. The van der Waals surface area contributed by atoms with Crippen molar-refractivity contribution in [3.8, 4) is 0 Å². The molecule has 0 aromatic carbocycles. The number of hydrogen-bond donors (Lipinski definition) is 2. The summed E-state index contributed by atoms with van der Waals surface area (Å²) < 4.78 is 5.52. The Morgan fingerprint density at radius 1 is 1.53 bits per heavy atom. The minimum Gasteiger partial charge on any atom is -0.395 e. The third kappa shape index (κ3) is 5.14. The van der Waals surface area contributed by atoms with Crippen molar-refractivity contribution in [1.29, 1.82) is 0 Å². The molecule has 0 radical (unpaired) electrons. The zero-order chi connectivity index (χ0) is 11.1. The van der Waals surface area contributed by atoms with Gasteiger partial charge in [0.1, 0.15) is 6.61 Å². The first-order valence-electron chi connectivity index (χ1n) is 5.71. The summed E-state index contributed by atoms with van der Waals surface area (Å²) in [6, 6.07) is 0. The topological polar surface area (TPSA) is 58.6 Å². The standard InChI is InChI=1S/C11H21NO3/c1-9-3-2-4-10(7-9)15-8-11(14)12-5-6-13/h9-10,13H,2-8H2,1H3,(H,12,14). The Morgan fingerprint density at radius 3 is 3.00 bits per heavy atom. The van der Waals surface area contributed by atoms with Crippen LogP contribution in [0.1, 0.15) is 32.6 Å². The van der Waals surface area contributed by atoms with E-state index < -0.39 is 0 Å². The van der Waals surface area contributed by atoms with Crippen LogP contribution in [0.4, 0.5) is 0 Å². The second-order valence-electron chi connectivity index (χ2n) is 4.28. The van der Waals surface area contributed by atoms with Gasteiger partial charge in [0.15, 0.2) is 0 Å². The van der Waals surface area contributed by atoms with Gasteiger partial charge in [0.05, 0.1) is 12.7 Å². The molecular formula is C11H21NO3. The summed E-state index contributed by atoms with van der Waals surface area (Å²) in [5.41, 5.74) is 0. The van der Waals surface area contributed by atoms with Crippen LogP contribution in [0.5, 0.6) is 0 Å². The van der Waals surface area contributed by atoms with Crippen LogP contribution >= 0.6 is 0 Å². The minimum atomic E-state index is -0.137. The smallest absolute Gasteiger partial charge is 0.246 e. The Balaban J connectivity index is 2.10. The van der Waals surface area contributed by atoms with Crippen LogP contribution in [-0.2, 0) is 9.53 Å². The average Bonchev–Trinajstić information content (AvgIpc) is 2.23. The Bertz CT molecular complexity index is 196. The Morgan fingerprint density at radius 2 is 2.33 bits per heavy atom. The molecule has 4 heteroatoms. The normalized spacial score (nSPS) is 26.3. The van der Waals surface area contributed by atoms with Gasteiger partial charge in [-0.05, 0) is 18.8 Å². The van der Waals surface area contributed by atoms with Gasteiger partial charge in [-0.25, -0.2) is 0 Å². The quantitative estimate of drug-likeness (QED) is 0.709. The monoisotopic (exact) mass is 215 g/mol. The highest BCUT2D eigenvalue weighted by molar-refractivity contribution is 5.77. The Kier molecular flexibility index (Phi) is 5.65. The van der Waals surface area contributed by atoms with Gasteiger partial charge in [-0.3, -0.25) is 4.79 Å². The molecule has 0 heterocycles. The summed E-state index contributed by atoms with van der Waals surface area (Å²) >= 11 is 0.